The number of piperazine rings is 1. The van der Waals surface area contributed by atoms with Gasteiger partial charge in [-0.1, -0.05) is 30.3 Å². The number of hydrogen-bond donors (Lipinski definition) is 2. The predicted molar refractivity (Wildman–Crippen MR) is 151 cm³/mol. The second-order valence-corrected chi connectivity index (χ2v) is 9.85. The number of carbonyl (C=O) groups excluding carboxylic acids is 3. The molecule has 0 spiro atoms. The van der Waals surface area contributed by atoms with E-state index in [4.69, 9.17) is 0 Å². The Balaban J connectivity index is 1.34. The van der Waals surface area contributed by atoms with Gasteiger partial charge in [0, 0.05) is 69.3 Å². The van der Waals surface area contributed by atoms with Crippen LogP contribution in [0.5, 0.6) is 0 Å². The Morgan fingerprint density at radius 1 is 0.769 bits per heavy atom. The zero-order valence-corrected chi connectivity index (χ0v) is 22.0. The normalized spacial score (nSPS) is 15.9. The van der Waals surface area contributed by atoms with Crippen LogP contribution in [0, 0.1) is 0 Å². The van der Waals surface area contributed by atoms with Gasteiger partial charge < -0.3 is 25.3 Å². The van der Waals surface area contributed by atoms with Gasteiger partial charge in [0.1, 0.15) is 0 Å². The lowest BCUT2D eigenvalue weighted by Gasteiger charge is -2.37. The number of carbonyl (C=O) groups is 3. The quantitative estimate of drug-likeness (QED) is 0.513. The van der Waals surface area contributed by atoms with Crippen molar-refractivity contribution in [2.75, 3.05) is 62.6 Å². The molecule has 0 saturated carbocycles. The van der Waals surface area contributed by atoms with Crippen molar-refractivity contribution in [3.63, 3.8) is 0 Å². The topological polar surface area (TPSA) is 97.9 Å². The van der Waals surface area contributed by atoms with E-state index in [0.29, 0.717) is 56.1 Å². The van der Waals surface area contributed by atoms with E-state index < -0.39 is 0 Å². The lowest BCUT2D eigenvalue weighted by atomic mass is 10.1. The van der Waals surface area contributed by atoms with Gasteiger partial charge in [-0.15, -0.1) is 0 Å². The first-order chi connectivity index (χ1) is 19.1. The summed E-state index contributed by atoms with van der Waals surface area (Å²) in [7, 11) is 0. The maximum absolute atomic E-state index is 13.3. The molecule has 0 bridgehead atoms. The Kier molecular flexibility index (Phi) is 8.48. The van der Waals surface area contributed by atoms with Gasteiger partial charge in [0.25, 0.3) is 11.8 Å². The zero-order valence-electron chi connectivity index (χ0n) is 22.0. The third kappa shape index (κ3) is 6.61. The molecular weight excluding hydrogens is 492 g/mol. The standard InChI is InChI=1S/C30H34N6O3/c37-28(21-23-5-2-1-3-6-23)33-26-22-25(30(39)35-15-4-11-31-14-16-35)7-8-27(26)34-17-19-36(20-18-34)29(38)24-9-12-32-13-10-24/h1-3,5-10,12-13,22,31H,4,11,14-21H2,(H,33,37). The fourth-order valence-electron chi connectivity index (χ4n) is 5.08. The summed E-state index contributed by atoms with van der Waals surface area (Å²) in [5.41, 5.74) is 3.57. The summed E-state index contributed by atoms with van der Waals surface area (Å²) in [6.45, 7) is 5.37. The van der Waals surface area contributed by atoms with Gasteiger partial charge >= 0.3 is 0 Å². The molecule has 9 heteroatoms. The van der Waals surface area contributed by atoms with Crippen LogP contribution in [0.25, 0.3) is 0 Å². The molecule has 2 aromatic carbocycles. The Bertz CT molecular complexity index is 1280. The van der Waals surface area contributed by atoms with Gasteiger partial charge in [0.05, 0.1) is 17.8 Å². The second kappa shape index (κ2) is 12.5. The third-order valence-corrected chi connectivity index (χ3v) is 7.19. The van der Waals surface area contributed by atoms with E-state index in [1.165, 1.54) is 0 Å². The van der Waals surface area contributed by atoms with Gasteiger partial charge in [-0.3, -0.25) is 19.4 Å². The minimum absolute atomic E-state index is 0.0127. The number of aromatic nitrogens is 1. The summed E-state index contributed by atoms with van der Waals surface area (Å²) in [4.78, 5) is 49.2. The highest BCUT2D eigenvalue weighted by molar-refractivity contribution is 6.00. The van der Waals surface area contributed by atoms with E-state index in [0.717, 1.165) is 30.8 Å². The van der Waals surface area contributed by atoms with Crippen LogP contribution in [0.4, 0.5) is 11.4 Å². The van der Waals surface area contributed by atoms with Crippen LogP contribution in [0.3, 0.4) is 0 Å². The monoisotopic (exact) mass is 526 g/mol. The summed E-state index contributed by atoms with van der Waals surface area (Å²) < 4.78 is 0. The van der Waals surface area contributed by atoms with Crippen molar-refractivity contribution in [3.8, 4) is 0 Å². The van der Waals surface area contributed by atoms with Crippen LogP contribution in [0.2, 0.25) is 0 Å². The number of nitrogens with one attached hydrogen (secondary N) is 2. The summed E-state index contributed by atoms with van der Waals surface area (Å²) in [5.74, 6) is -0.185. The molecule has 3 amide bonds. The number of amides is 3. The molecule has 3 heterocycles. The minimum Gasteiger partial charge on any atom is -0.366 e. The van der Waals surface area contributed by atoms with E-state index in [9.17, 15) is 14.4 Å². The maximum atomic E-state index is 13.3. The highest BCUT2D eigenvalue weighted by Crippen LogP contribution is 2.29. The molecule has 2 aliphatic rings. The fourth-order valence-corrected chi connectivity index (χ4v) is 5.08. The van der Waals surface area contributed by atoms with Crippen molar-refractivity contribution in [2.45, 2.75) is 12.8 Å². The Morgan fingerprint density at radius 3 is 2.26 bits per heavy atom. The number of rotatable bonds is 6. The lowest BCUT2D eigenvalue weighted by Crippen LogP contribution is -2.49. The van der Waals surface area contributed by atoms with Crippen LogP contribution in [0.15, 0.2) is 73.1 Å². The summed E-state index contributed by atoms with van der Waals surface area (Å²) >= 11 is 0. The molecule has 2 N–H and O–H groups in total. The van der Waals surface area contributed by atoms with Crippen LogP contribution in [0.1, 0.15) is 32.7 Å². The first-order valence-corrected chi connectivity index (χ1v) is 13.5. The van der Waals surface area contributed by atoms with Gasteiger partial charge in [0.15, 0.2) is 0 Å². The molecule has 1 aromatic heterocycles. The zero-order chi connectivity index (χ0) is 27.0. The number of pyridine rings is 1. The lowest BCUT2D eigenvalue weighted by molar-refractivity contribution is -0.115. The molecule has 0 aliphatic carbocycles. The number of anilines is 2. The molecule has 2 aliphatic heterocycles. The number of nitrogens with zero attached hydrogens (tertiary/aromatic N) is 4. The molecule has 2 fully saturated rings. The molecule has 0 unspecified atom stereocenters. The Labute approximate surface area is 228 Å². The number of benzene rings is 2. The number of hydrogen-bond acceptors (Lipinski definition) is 6. The van der Waals surface area contributed by atoms with E-state index >= 15 is 0 Å². The average Bonchev–Trinajstić information content (AvgIpc) is 3.27. The first-order valence-electron chi connectivity index (χ1n) is 13.5. The van der Waals surface area contributed by atoms with Crippen molar-refractivity contribution in [1.82, 2.24) is 20.1 Å². The van der Waals surface area contributed by atoms with Gasteiger partial charge in [-0.05, 0) is 48.9 Å². The summed E-state index contributed by atoms with van der Waals surface area (Å²) in [6, 6.07) is 18.6. The van der Waals surface area contributed by atoms with E-state index in [2.05, 4.69) is 20.5 Å². The van der Waals surface area contributed by atoms with Crippen molar-refractivity contribution in [2.24, 2.45) is 0 Å². The SMILES string of the molecule is O=C(Cc1ccccc1)Nc1cc(C(=O)N2CCCNCC2)ccc1N1CCN(C(=O)c2ccncc2)CC1. The molecule has 202 valence electrons. The summed E-state index contributed by atoms with van der Waals surface area (Å²) in [5, 5.41) is 6.41. The van der Waals surface area contributed by atoms with Crippen LogP contribution in [-0.2, 0) is 11.2 Å². The third-order valence-electron chi connectivity index (χ3n) is 7.19. The molecule has 0 atom stereocenters. The van der Waals surface area contributed by atoms with Gasteiger partial charge in [-0.25, -0.2) is 0 Å². The average molecular weight is 527 g/mol. The highest BCUT2D eigenvalue weighted by atomic mass is 16.2. The molecule has 9 nitrogen and oxygen atoms in total. The van der Waals surface area contributed by atoms with E-state index in [1.54, 1.807) is 30.6 Å². The Morgan fingerprint density at radius 2 is 1.49 bits per heavy atom. The van der Waals surface area contributed by atoms with Crippen molar-refractivity contribution in [3.05, 3.63) is 89.7 Å². The Hall–Kier alpha value is -4.24. The minimum atomic E-state index is -0.141. The molecule has 3 aromatic rings. The van der Waals surface area contributed by atoms with Crippen molar-refractivity contribution in [1.29, 1.82) is 0 Å². The largest absolute Gasteiger partial charge is 0.366 e. The predicted octanol–water partition coefficient (Wildman–Crippen LogP) is 2.66. The summed E-state index contributed by atoms with van der Waals surface area (Å²) in [6.07, 6.45) is 4.40. The fraction of sp³-hybridized carbons (Fsp3) is 0.333. The van der Waals surface area contributed by atoms with Crippen molar-refractivity contribution < 1.29 is 14.4 Å². The second-order valence-electron chi connectivity index (χ2n) is 9.85. The van der Waals surface area contributed by atoms with Gasteiger partial charge in [0.2, 0.25) is 5.91 Å². The van der Waals surface area contributed by atoms with Crippen molar-refractivity contribution >= 4 is 29.1 Å². The van der Waals surface area contributed by atoms with E-state index in [-0.39, 0.29) is 24.1 Å². The first kappa shape index (κ1) is 26.4. The maximum Gasteiger partial charge on any atom is 0.254 e. The molecular formula is C30H34N6O3. The van der Waals surface area contributed by atoms with Crippen LogP contribution >= 0.6 is 0 Å². The highest BCUT2D eigenvalue weighted by Gasteiger charge is 2.25. The van der Waals surface area contributed by atoms with Gasteiger partial charge in [-0.2, -0.15) is 0 Å². The van der Waals surface area contributed by atoms with Crippen LogP contribution < -0.4 is 15.5 Å². The molecule has 2 saturated heterocycles. The molecule has 0 radical (unpaired) electrons. The molecule has 5 rings (SSSR count). The van der Waals surface area contributed by atoms with E-state index in [1.807, 2.05) is 52.3 Å². The van der Waals surface area contributed by atoms with Crippen LogP contribution in [-0.4, -0.2) is 84.9 Å². The smallest absolute Gasteiger partial charge is 0.254 e. The molecule has 39 heavy (non-hydrogen) atoms.